The third-order valence-electron chi connectivity index (χ3n) is 3.26. The molecule has 0 fully saturated rings. The summed E-state index contributed by atoms with van der Waals surface area (Å²) in [5.41, 5.74) is 1.40. The molecule has 0 bridgehead atoms. The quantitative estimate of drug-likeness (QED) is 0.660. The van der Waals surface area contributed by atoms with Gasteiger partial charge in [-0.15, -0.1) is 5.10 Å². The van der Waals surface area contributed by atoms with Crippen LogP contribution in [0.2, 0.25) is 10.0 Å². The van der Waals surface area contributed by atoms with Crippen LogP contribution in [-0.4, -0.2) is 31.4 Å². The number of nitrogens with one attached hydrogen (secondary N) is 1. The van der Waals surface area contributed by atoms with Crippen molar-refractivity contribution in [3.8, 4) is 5.69 Å². The van der Waals surface area contributed by atoms with Crippen molar-refractivity contribution in [1.82, 2.24) is 20.2 Å². The summed E-state index contributed by atoms with van der Waals surface area (Å²) in [5.74, 6) is -0.169. The molecule has 6 nitrogen and oxygen atoms in total. The predicted molar refractivity (Wildman–Crippen MR) is 99.6 cm³/mol. The first-order chi connectivity index (χ1) is 12.0. The van der Waals surface area contributed by atoms with Gasteiger partial charge in [-0.1, -0.05) is 41.0 Å². The molecule has 0 spiro atoms. The Morgan fingerprint density at radius 2 is 1.92 bits per heavy atom. The number of aromatic nitrogens is 4. The van der Waals surface area contributed by atoms with E-state index in [0.29, 0.717) is 20.9 Å². The fourth-order valence-electron chi connectivity index (χ4n) is 2.02. The van der Waals surface area contributed by atoms with Gasteiger partial charge in [0.25, 0.3) is 0 Å². The molecule has 128 valence electrons. The normalized spacial score (nSPS) is 12.0. The number of amides is 1. The molecular weight excluding hydrogens is 381 g/mol. The molecular formula is C16H13Cl2N5OS. The third kappa shape index (κ3) is 4.50. The van der Waals surface area contributed by atoms with Crippen LogP contribution in [0, 0.1) is 0 Å². The number of anilines is 1. The van der Waals surface area contributed by atoms with E-state index in [1.165, 1.54) is 11.8 Å². The van der Waals surface area contributed by atoms with Crippen molar-refractivity contribution in [2.24, 2.45) is 0 Å². The van der Waals surface area contributed by atoms with Crippen LogP contribution >= 0.6 is 35.0 Å². The molecule has 9 heteroatoms. The molecule has 3 rings (SSSR count). The molecule has 0 unspecified atom stereocenters. The fourth-order valence-corrected chi connectivity index (χ4v) is 3.14. The lowest BCUT2D eigenvalue weighted by atomic mass is 10.3. The molecule has 0 radical (unpaired) electrons. The summed E-state index contributed by atoms with van der Waals surface area (Å²) in [7, 11) is 0. The van der Waals surface area contributed by atoms with E-state index < -0.39 is 5.25 Å². The molecule has 0 saturated heterocycles. The van der Waals surface area contributed by atoms with Gasteiger partial charge in [-0.05, 0) is 59.8 Å². The second kappa shape index (κ2) is 7.86. The zero-order valence-corrected chi connectivity index (χ0v) is 15.4. The van der Waals surface area contributed by atoms with Crippen LogP contribution in [0.5, 0.6) is 0 Å². The number of nitrogens with zero attached hydrogens (tertiary/aromatic N) is 4. The lowest BCUT2D eigenvalue weighted by Gasteiger charge is -2.12. The van der Waals surface area contributed by atoms with Crippen molar-refractivity contribution in [2.45, 2.75) is 17.3 Å². The van der Waals surface area contributed by atoms with E-state index in [0.717, 1.165) is 5.69 Å². The zero-order valence-electron chi connectivity index (χ0n) is 13.1. The van der Waals surface area contributed by atoms with Crippen molar-refractivity contribution in [1.29, 1.82) is 0 Å². The van der Waals surface area contributed by atoms with Crippen LogP contribution < -0.4 is 5.32 Å². The SMILES string of the molecule is C[C@@H](Sc1nnnn1-c1ccc(Cl)cc1)C(=O)Nc1cccc(Cl)c1. The lowest BCUT2D eigenvalue weighted by molar-refractivity contribution is -0.115. The van der Waals surface area contributed by atoms with E-state index in [4.69, 9.17) is 23.2 Å². The number of tetrazole rings is 1. The number of halogens is 2. The molecule has 1 heterocycles. The number of hydrogen-bond donors (Lipinski definition) is 1. The number of carbonyl (C=O) groups excluding carboxylic acids is 1. The topological polar surface area (TPSA) is 72.7 Å². The van der Waals surface area contributed by atoms with Crippen molar-refractivity contribution >= 4 is 46.6 Å². The van der Waals surface area contributed by atoms with Crippen LogP contribution in [0.25, 0.3) is 5.69 Å². The van der Waals surface area contributed by atoms with Gasteiger partial charge in [-0.3, -0.25) is 4.79 Å². The van der Waals surface area contributed by atoms with Gasteiger partial charge in [-0.2, -0.15) is 4.68 Å². The average molecular weight is 394 g/mol. The molecule has 0 aliphatic heterocycles. The van der Waals surface area contributed by atoms with Gasteiger partial charge < -0.3 is 5.32 Å². The van der Waals surface area contributed by atoms with Crippen molar-refractivity contribution in [3.63, 3.8) is 0 Å². The molecule has 1 N–H and O–H groups in total. The molecule has 3 aromatic rings. The molecule has 0 aliphatic rings. The Kier molecular flexibility index (Phi) is 5.57. The summed E-state index contributed by atoms with van der Waals surface area (Å²) >= 11 is 13.1. The minimum absolute atomic E-state index is 0.169. The van der Waals surface area contributed by atoms with Gasteiger partial charge in [-0.25, -0.2) is 0 Å². The molecule has 0 saturated carbocycles. The van der Waals surface area contributed by atoms with E-state index >= 15 is 0 Å². The average Bonchev–Trinajstić information content (AvgIpc) is 3.03. The van der Waals surface area contributed by atoms with Gasteiger partial charge in [0.2, 0.25) is 11.1 Å². The van der Waals surface area contributed by atoms with Crippen molar-refractivity contribution < 1.29 is 4.79 Å². The van der Waals surface area contributed by atoms with E-state index in [1.54, 1.807) is 60.1 Å². The van der Waals surface area contributed by atoms with Gasteiger partial charge in [0.1, 0.15) is 0 Å². The van der Waals surface area contributed by atoms with Gasteiger partial charge in [0, 0.05) is 15.7 Å². The molecule has 25 heavy (non-hydrogen) atoms. The maximum atomic E-state index is 12.4. The van der Waals surface area contributed by atoms with Gasteiger partial charge >= 0.3 is 0 Å². The van der Waals surface area contributed by atoms with Crippen LogP contribution in [0.4, 0.5) is 5.69 Å². The van der Waals surface area contributed by atoms with E-state index in [2.05, 4.69) is 20.8 Å². The highest BCUT2D eigenvalue weighted by atomic mass is 35.5. The minimum atomic E-state index is -0.406. The Balaban J connectivity index is 1.71. The Hall–Kier alpha value is -2.09. The smallest absolute Gasteiger partial charge is 0.237 e. The lowest BCUT2D eigenvalue weighted by Crippen LogP contribution is -2.22. The number of thioether (sulfide) groups is 1. The van der Waals surface area contributed by atoms with Crippen LogP contribution in [0.3, 0.4) is 0 Å². The standard InChI is InChI=1S/C16H13Cl2N5OS/c1-10(15(24)19-13-4-2-3-12(18)9-13)25-16-20-21-22-23(16)14-7-5-11(17)6-8-14/h2-10H,1H3,(H,19,24)/t10-/m1/s1. The second-order valence-electron chi connectivity index (χ2n) is 5.11. The Morgan fingerprint density at radius 1 is 1.16 bits per heavy atom. The molecule has 1 atom stereocenters. The molecule has 1 aromatic heterocycles. The first-order valence-corrected chi connectivity index (χ1v) is 8.94. The highest BCUT2D eigenvalue weighted by Gasteiger charge is 2.19. The zero-order chi connectivity index (χ0) is 17.8. The van der Waals surface area contributed by atoms with Gasteiger partial charge in [0.15, 0.2) is 0 Å². The first kappa shape index (κ1) is 17.7. The summed E-state index contributed by atoms with van der Waals surface area (Å²) in [6, 6.07) is 14.1. The van der Waals surface area contributed by atoms with Crippen LogP contribution in [0.15, 0.2) is 53.7 Å². The summed E-state index contributed by atoms with van der Waals surface area (Å²) in [5, 5.41) is 15.8. The third-order valence-corrected chi connectivity index (χ3v) is 4.78. The largest absolute Gasteiger partial charge is 0.325 e. The number of hydrogen-bond acceptors (Lipinski definition) is 5. The fraction of sp³-hybridized carbons (Fsp3) is 0.125. The van der Waals surface area contributed by atoms with Crippen molar-refractivity contribution in [2.75, 3.05) is 5.32 Å². The molecule has 2 aromatic carbocycles. The Labute approximate surface area is 158 Å². The summed E-state index contributed by atoms with van der Waals surface area (Å²) < 4.78 is 1.56. The highest BCUT2D eigenvalue weighted by molar-refractivity contribution is 8.00. The maximum absolute atomic E-state index is 12.4. The summed E-state index contributed by atoms with van der Waals surface area (Å²) in [6.45, 7) is 1.78. The van der Waals surface area contributed by atoms with Crippen LogP contribution in [-0.2, 0) is 4.79 Å². The number of carbonyl (C=O) groups is 1. The monoisotopic (exact) mass is 393 g/mol. The molecule has 1 amide bonds. The van der Waals surface area contributed by atoms with E-state index in [-0.39, 0.29) is 5.91 Å². The molecule has 0 aliphatic carbocycles. The van der Waals surface area contributed by atoms with Gasteiger partial charge in [0.05, 0.1) is 10.9 Å². The summed E-state index contributed by atoms with van der Waals surface area (Å²) in [6.07, 6.45) is 0. The summed E-state index contributed by atoms with van der Waals surface area (Å²) in [4.78, 5) is 12.4. The number of benzene rings is 2. The van der Waals surface area contributed by atoms with Crippen molar-refractivity contribution in [3.05, 3.63) is 58.6 Å². The van der Waals surface area contributed by atoms with E-state index in [9.17, 15) is 4.79 Å². The minimum Gasteiger partial charge on any atom is -0.325 e. The first-order valence-electron chi connectivity index (χ1n) is 7.30. The predicted octanol–water partition coefficient (Wildman–Crippen LogP) is 4.09. The van der Waals surface area contributed by atoms with Crippen LogP contribution in [0.1, 0.15) is 6.92 Å². The van der Waals surface area contributed by atoms with E-state index in [1.807, 2.05) is 0 Å². The number of rotatable bonds is 5. The highest BCUT2D eigenvalue weighted by Crippen LogP contribution is 2.25. The maximum Gasteiger partial charge on any atom is 0.237 e. The Bertz CT molecular complexity index is 884. The Morgan fingerprint density at radius 3 is 2.64 bits per heavy atom. The second-order valence-corrected chi connectivity index (χ2v) is 7.29.